The molecule has 0 atom stereocenters. The molecule has 1 amide bonds. The second-order valence-electron chi connectivity index (χ2n) is 3.32. The summed E-state index contributed by atoms with van der Waals surface area (Å²) >= 11 is 0. The van der Waals surface area contributed by atoms with Crippen LogP contribution in [0.4, 0.5) is 0 Å². The van der Waals surface area contributed by atoms with Crippen molar-refractivity contribution >= 4 is 12.0 Å². The lowest BCUT2D eigenvalue weighted by molar-refractivity contribution is -0.158. The van der Waals surface area contributed by atoms with Gasteiger partial charge in [-0.25, -0.2) is 5.06 Å². The Morgan fingerprint density at radius 3 is 2.62 bits per heavy atom. The molecule has 0 saturated carbocycles. The molecule has 3 nitrogen and oxygen atoms in total. The predicted octanol–water partition coefficient (Wildman–Crippen LogP) is 2.49. The average Bonchev–Trinajstić information content (AvgIpc) is 2.29. The van der Waals surface area contributed by atoms with E-state index >= 15 is 0 Å². The molecule has 84 valence electrons. The molecule has 1 aromatic carbocycles. The molecular formula is C13H15NO2. The van der Waals surface area contributed by atoms with Crippen LogP contribution in [-0.4, -0.2) is 23.2 Å². The second-order valence-corrected chi connectivity index (χ2v) is 3.32. The molecular weight excluding hydrogens is 202 g/mol. The standard InChI is InChI=1S/C13H15NO2/c1-14(16)13(15)11-7-3-6-10-12-8-4-2-5-9-12/h2-10,16H,11H2,1H3/b7-3+,10-6+. The summed E-state index contributed by atoms with van der Waals surface area (Å²) in [6.07, 6.45) is 7.50. The van der Waals surface area contributed by atoms with Crippen LogP contribution in [0.15, 0.2) is 48.6 Å². The van der Waals surface area contributed by atoms with Gasteiger partial charge in [-0.1, -0.05) is 54.6 Å². The van der Waals surface area contributed by atoms with E-state index in [4.69, 9.17) is 5.21 Å². The monoisotopic (exact) mass is 217 g/mol. The first kappa shape index (κ1) is 12.2. The summed E-state index contributed by atoms with van der Waals surface area (Å²) in [6.45, 7) is 0. The van der Waals surface area contributed by atoms with Gasteiger partial charge in [-0.15, -0.1) is 0 Å². The predicted molar refractivity (Wildman–Crippen MR) is 63.8 cm³/mol. The van der Waals surface area contributed by atoms with Crippen LogP contribution in [-0.2, 0) is 4.79 Å². The Balaban J connectivity index is 2.37. The first-order chi connectivity index (χ1) is 7.70. The molecule has 0 spiro atoms. The summed E-state index contributed by atoms with van der Waals surface area (Å²) in [5.41, 5.74) is 1.11. The molecule has 1 aromatic rings. The van der Waals surface area contributed by atoms with Crippen LogP contribution in [0.2, 0.25) is 0 Å². The third kappa shape index (κ3) is 4.57. The van der Waals surface area contributed by atoms with Gasteiger partial charge in [0.1, 0.15) is 0 Å². The lowest BCUT2D eigenvalue weighted by Gasteiger charge is -2.04. The van der Waals surface area contributed by atoms with Crippen LogP contribution in [0.3, 0.4) is 0 Å². The van der Waals surface area contributed by atoms with Crippen molar-refractivity contribution in [2.75, 3.05) is 7.05 Å². The zero-order valence-electron chi connectivity index (χ0n) is 9.21. The molecule has 0 aromatic heterocycles. The zero-order chi connectivity index (χ0) is 11.8. The van der Waals surface area contributed by atoms with E-state index < -0.39 is 0 Å². The molecule has 0 heterocycles. The molecule has 1 rings (SSSR count). The van der Waals surface area contributed by atoms with Gasteiger partial charge in [-0.05, 0) is 5.56 Å². The Hall–Kier alpha value is -1.87. The van der Waals surface area contributed by atoms with E-state index in [9.17, 15) is 4.79 Å². The van der Waals surface area contributed by atoms with Gasteiger partial charge in [0, 0.05) is 13.5 Å². The normalized spacial score (nSPS) is 11.1. The third-order valence-corrected chi connectivity index (χ3v) is 1.99. The molecule has 16 heavy (non-hydrogen) atoms. The van der Waals surface area contributed by atoms with Crippen LogP contribution >= 0.6 is 0 Å². The Bertz CT molecular complexity index is 380. The van der Waals surface area contributed by atoms with Gasteiger partial charge in [-0.2, -0.15) is 0 Å². The number of carbonyl (C=O) groups is 1. The van der Waals surface area contributed by atoms with Crippen LogP contribution in [0.25, 0.3) is 6.08 Å². The van der Waals surface area contributed by atoms with E-state index in [0.29, 0.717) is 5.06 Å². The van der Waals surface area contributed by atoms with E-state index in [-0.39, 0.29) is 12.3 Å². The Morgan fingerprint density at radius 2 is 2.00 bits per heavy atom. The van der Waals surface area contributed by atoms with Gasteiger partial charge in [-0.3, -0.25) is 10.0 Å². The van der Waals surface area contributed by atoms with E-state index in [1.54, 1.807) is 12.2 Å². The number of carbonyl (C=O) groups excluding carboxylic acids is 1. The van der Waals surface area contributed by atoms with Crippen molar-refractivity contribution in [3.8, 4) is 0 Å². The van der Waals surface area contributed by atoms with E-state index in [1.165, 1.54) is 7.05 Å². The average molecular weight is 217 g/mol. The Kier molecular flexibility index (Phi) is 5.02. The number of hydroxylamine groups is 2. The van der Waals surface area contributed by atoms with Crippen molar-refractivity contribution in [2.45, 2.75) is 6.42 Å². The Labute approximate surface area is 95.3 Å². The fourth-order valence-corrected chi connectivity index (χ4v) is 1.11. The largest absolute Gasteiger partial charge is 0.286 e. The summed E-state index contributed by atoms with van der Waals surface area (Å²) in [4.78, 5) is 11.0. The maximum atomic E-state index is 11.0. The first-order valence-corrected chi connectivity index (χ1v) is 5.04. The SMILES string of the molecule is CN(O)C(=O)C/C=C/C=C/c1ccccc1. The van der Waals surface area contributed by atoms with Gasteiger partial charge in [0.15, 0.2) is 0 Å². The minimum absolute atomic E-state index is 0.201. The van der Waals surface area contributed by atoms with E-state index in [1.807, 2.05) is 42.5 Å². The summed E-state index contributed by atoms with van der Waals surface area (Å²) in [6, 6.07) is 9.89. The van der Waals surface area contributed by atoms with Crippen LogP contribution < -0.4 is 0 Å². The van der Waals surface area contributed by atoms with Crippen LogP contribution in [0.5, 0.6) is 0 Å². The number of rotatable bonds is 4. The lowest BCUT2D eigenvalue weighted by Crippen LogP contribution is -2.21. The highest BCUT2D eigenvalue weighted by Gasteiger charge is 2.00. The highest BCUT2D eigenvalue weighted by Crippen LogP contribution is 2.01. The number of benzene rings is 1. The number of allylic oxidation sites excluding steroid dienone is 2. The van der Waals surface area contributed by atoms with Gasteiger partial charge < -0.3 is 0 Å². The summed E-state index contributed by atoms with van der Waals surface area (Å²) in [5.74, 6) is -0.329. The molecule has 0 aliphatic carbocycles. The molecule has 0 radical (unpaired) electrons. The fourth-order valence-electron chi connectivity index (χ4n) is 1.11. The quantitative estimate of drug-likeness (QED) is 0.478. The molecule has 0 unspecified atom stereocenters. The van der Waals surface area contributed by atoms with Crippen molar-refractivity contribution < 1.29 is 10.0 Å². The highest BCUT2D eigenvalue weighted by atomic mass is 16.5. The van der Waals surface area contributed by atoms with Gasteiger partial charge in [0.05, 0.1) is 0 Å². The Morgan fingerprint density at radius 1 is 1.31 bits per heavy atom. The lowest BCUT2D eigenvalue weighted by atomic mass is 10.2. The molecule has 1 N–H and O–H groups in total. The van der Waals surface area contributed by atoms with Crippen molar-refractivity contribution in [1.82, 2.24) is 5.06 Å². The summed E-state index contributed by atoms with van der Waals surface area (Å²) in [7, 11) is 1.32. The van der Waals surface area contributed by atoms with Crippen molar-refractivity contribution in [3.05, 3.63) is 54.1 Å². The zero-order valence-corrected chi connectivity index (χ0v) is 9.21. The number of hydrogen-bond acceptors (Lipinski definition) is 2. The minimum Gasteiger partial charge on any atom is -0.286 e. The topological polar surface area (TPSA) is 40.5 Å². The van der Waals surface area contributed by atoms with Gasteiger partial charge in [0.25, 0.3) is 0 Å². The van der Waals surface area contributed by atoms with Crippen molar-refractivity contribution in [3.63, 3.8) is 0 Å². The molecule has 0 aliphatic rings. The number of amides is 1. The molecule has 0 saturated heterocycles. The molecule has 0 fully saturated rings. The van der Waals surface area contributed by atoms with Crippen molar-refractivity contribution in [1.29, 1.82) is 0 Å². The van der Waals surface area contributed by atoms with Gasteiger partial charge in [0.2, 0.25) is 5.91 Å². The smallest absolute Gasteiger partial charge is 0.249 e. The summed E-state index contributed by atoms with van der Waals surface area (Å²) in [5, 5.41) is 9.38. The molecule has 0 aliphatic heterocycles. The van der Waals surface area contributed by atoms with E-state index in [2.05, 4.69) is 0 Å². The fraction of sp³-hybridized carbons (Fsp3) is 0.154. The van der Waals surface area contributed by atoms with Crippen LogP contribution in [0.1, 0.15) is 12.0 Å². The van der Waals surface area contributed by atoms with Gasteiger partial charge >= 0.3 is 0 Å². The molecule has 3 heteroatoms. The highest BCUT2D eigenvalue weighted by molar-refractivity contribution is 5.76. The second kappa shape index (κ2) is 6.58. The number of nitrogens with zero attached hydrogens (tertiary/aromatic N) is 1. The van der Waals surface area contributed by atoms with Crippen LogP contribution in [0, 0.1) is 0 Å². The summed E-state index contributed by atoms with van der Waals surface area (Å²) < 4.78 is 0. The van der Waals surface area contributed by atoms with E-state index in [0.717, 1.165) is 5.56 Å². The number of hydrogen-bond donors (Lipinski definition) is 1. The maximum Gasteiger partial charge on any atom is 0.249 e. The molecule has 0 bridgehead atoms. The minimum atomic E-state index is -0.329. The maximum absolute atomic E-state index is 11.0. The third-order valence-electron chi connectivity index (χ3n) is 1.99. The van der Waals surface area contributed by atoms with Crippen molar-refractivity contribution in [2.24, 2.45) is 0 Å². The first-order valence-electron chi connectivity index (χ1n) is 5.04.